The van der Waals surface area contributed by atoms with E-state index < -0.39 is 0 Å². The molecular formula is C21H31IN6OS. The van der Waals surface area contributed by atoms with Gasteiger partial charge in [0.2, 0.25) is 5.91 Å². The van der Waals surface area contributed by atoms with Gasteiger partial charge in [-0.2, -0.15) is 0 Å². The number of likely N-dealkylation sites (tertiary alicyclic amines) is 1. The Morgan fingerprint density at radius 1 is 1.30 bits per heavy atom. The van der Waals surface area contributed by atoms with Crippen molar-refractivity contribution < 1.29 is 4.79 Å². The molecule has 0 bridgehead atoms. The molecule has 0 radical (unpaired) electrons. The Morgan fingerprint density at radius 2 is 2.10 bits per heavy atom. The molecule has 1 aliphatic heterocycles. The predicted molar refractivity (Wildman–Crippen MR) is 135 cm³/mol. The predicted octanol–water partition coefficient (Wildman–Crippen LogP) is 3.34. The quantitative estimate of drug-likeness (QED) is 0.284. The van der Waals surface area contributed by atoms with Gasteiger partial charge in [-0.05, 0) is 55.4 Å². The number of nitrogens with one attached hydrogen (secondary N) is 3. The number of thiophene rings is 1. The summed E-state index contributed by atoms with van der Waals surface area (Å²) in [4.78, 5) is 24.3. The number of guanidine groups is 1. The van der Waals surface area contributed by atoms with Gasteiger partial charge in [0.15, 0.2) is 5.96 Å². The molecule has 3 rings (SSSR count). The Morgan fingerprint density at radius 3 is 2.73 bits per heavy atom. The lowest BCUT2D eigenvalue weighted by atomic mass is 9.97. The molecule has 1 fully saturated rings. The molecule has 1 atom stereocenters. The maximum atomic E-state index is 12.1. The molecule has 3 heterocycles. The first kappa shape index (κ1) is 24.5. The largest absolute Gasteiger partial charge is 0.354 e. The summed E-state index contributed by atoms with van der Waals surface area (Å²) in [6.07, 6.45) is 5.77. The van der Waals surface area contributed by atoms with Gasteiger partial charge in [-0.15, -0.1) is 35.3 Å². The third kappa shape index (κ3) is 7.51. The van der Waals surface area contributed by atoms with Crippen LogP contribution < -0.4 is 16.0 Å². The SMILES string of the molecule is CN=C(NCC(=O)Nc1cccnc1)NCC(c1cccs1)N1CCC(C)CC1.I. The van der Waals surface area contributed by atoms with E-state index in [-0.39, 0.29) is 36.4 Å². The van der Waals surface area contributed by atoms with Crippen LogP contribution in [0.1, 0.15) is 30.7 Å². The number of carbonyl (C=O) groups is 1. The molecule has 2 aromatic rings. The van der Waals surface area contributed by atoms with Crippen LogP contribution in [0.3, 0.4) is 0 Å². The summed E-state index contributed by atoms with van der Waals surface area (Å²) in [6.45, 7) is 5.45. The van der Waals surface area contributed by atoms with Gasteiger partial charge >= 0.3 is 0 Å². The van der Waals surface area contributed by atoms with Gasteiger partial charge < -0.3 is 16.0 Å². The van der Waals surface area contributed by atoms with E-state index in [2.05, 4.69) is 55.3 Å². The molecular weight excluding hydrogens is 511 g/mol. The molecule has 0 aromatic carbocycles. The minimum absolute atomic E-state index is 0. The summed E-state index contributed by atoms with van der Waals surface area (Å²) in [5, 5.41) is 11.4. The summed E-state index contributed by atoms with van der Waals surface area (Å²) in [6, 6.07) is 8.21. The second kappa shape index (κ2) is 12.9. The molecule has 0 aliphatic carbocycles. The summed E-state index contributed by atoms with van der Waals surface area (Å²) in [5.74, 6) is 1.29. The standard InChI is InChI=1S/C21H30N6OS.HI/c1-16-7-10-27(11-8-16)18(19-6-4-12-29-19)14-24-21(22-2)25-15-20(28)26-17-5-3-9-23-13-17;/h3-6,9,12-13,16,18H,7-8,10-11,14-15H2,1-2H3,(H,26,28)(H2,22,24,25);1H. The Balaban J connectivity index is 0.00000320. The lowest BCUT2D eigenvalue weighted by Gasteiger charge is -2.36. The number of hydrogen-bond acceptors (Lipinski definition) is 5. The van der Waals surface area contributed by atoms with Gasteiger partial charge in [0.25, 0.3) is 0 Å². The smallest absolute Gasteiger partial charge is 0.243 e. The van der Waals surface area contributed by atoms with Crippen LogP contribution in [0.5, 0.6) is 0 Å². The summed E-state index contributed by atoms with van der Waals surface area (Å²) in [7, 11) is 1.72. The highest BCUT2D eigenvalue weighted by molar-refractivity contribution is 14.0. The highest BCUT2D eigenvalue weighted by Gasteiger charge is 2.25. The fourth-order valence-corrected chi connectivity index (χ4v) is 4.31. The maximum absolute atomic E-state index is 12.1. The minimum atomic E-state index is -0.138. The molecule has 30 heavy (non-hydrogen) atoms. The fraction of sp³-hybridized carbons (Fsp3) is 0.476. The number of piperidine rings is 1. The molecule has 1 saturated heterocycles. The zero-order valence-electron chi connectivity index (χ0n) is 17.5. The van der Waals surface area contributed by atoms with Crippen LogP contribution in [0.25, 0.3) is 0 Å². The third-order valence-corrected chi connectivity index (χ3v) is 6.15. The molecule has 9 heteroatoms. The van der Waals surface area contributed by atoms with Crippen molar-refractivity contribution in [1.82, 2.24) is 20.5 Å². The first-order valence-corrected chi connectivity index (χ1v) is 11.0. The second-order valence-corrected chi connectivity index (χ2v) is 8.33. The number of rotatable bonds is 7. The number of hydrogen-bond donors (Lipinski definition) is 3. The van der Waals surface area contributed by atoms with Gasteiger partial charge in [0.05, 0.1) is 24.5 Å². The van der Waals surface area contributed by atoms with E-state index in [1.807, 2.05) is 6.07 Å². The molecule has 1 amide bonds. The molecule has 0 spiro atoms. The monoisotopic (exact) mass is 542 g/mol. The highest BCUT2D eigenvalue weighted by Crippen LogP contribution is 2.29. The van der Waals surface area contributed by atoms with Crippen molar-refractivity contribution in [1.29, 1.82) is 0 Å². The number of aromatic nitrogens is 1. The number of anilines is 1. The summed E-state index contributed by atoms with van der Waals surface area (Å²) in [5.41, 5.74) is 0.680. The second-order valence-electron chi connectivity index (χ2n) is 7.35. The first-order chi connectivity index (χ1) is 14.2. The van der Waals surface area contributed by atoms with Crippen LogP contribution >= 0.6 is 35.3 Å². The molecule has 7 nitrogen and oxygen atoms in total. The van der Waals surface area contributed by atoms with E-state index >= 15 is 0 Å². The Bertz CT molecular complexity index is 778. The Hall–Kier alpha value is -1.72. The van der Waals surface area contributed by atoms with Gasteiger partial charge in [0.1, 0.15) is 0 Å². The van der Waals surface area contributed by atoms with Crippen molar-refractivity contribution in [2.24, 2.45) is 10.9 Å². The number of carbonyl (C=O) groups excluding carboxylic acids is 1. The summed E-state index contributed by atoms with van der Waals surface area (Å²) >= 11 is 1.79. The molecule has 0 saturated carbocycles. The number of aliphatic imine (C=N–C) groups is 1. The van der Waals surface area contributed by atoms with E-state index in [0.717, 1.165) is 25.6 Å². The third-order valence-electron chi connectivity index (χ3n) is 5.18. The Kier molecular flexibility index (Phi) is 10.5. The minimum Gasteiger partial charge on any atom is -0.354 e. The first-order valence-electron chi connectivity index (χ1n) is 10.1. The van der Waals surface area contributed by atoms with E-state index in [1.165, 1.54) is 17.7 Å². The lowest BCUT2D eigenvalue weighted by molar-refractivity contribution is -0.115. The van der Waals surface area contributed by atoms with Crippen LogP contribution in [0.2, 0.25) is 0 Å². The summed E-state index contributed by atoms with van der Waals surface area (Å²) < 4.78 is 0. The molecule has 164 valence electrons. The van der Waals surface area contributed by atoms with Crippen molar-refractivity contribution in [3.63, 3.8) is 0 Å². The highest BCUT2D eigenvalue weighted by atomic mass is 127. The van der Waals surface area contributed by atoms with Crippen molar-refractivity contribution in [3.05, 3.63) is 46.9 Å². The van der Waals surface area contributed by atoms with Gasteiger partial charge in [-0.25, -0.2) is 0 Å². The number of nitrogens with zero attached hydrogens (tertiary/aromatic N) is 3. The van der Waals surface area contributed by atoms with E-state index in [9.17, 15) is 4.79 Å². The average Bonchev–Trinajstić information content (AvgIpc) is 3.27. The van der Waals surface area contributed by atoms with Crippen LogP contribution in [0, 0.1) is 5.92 Å². The van der Waals surface area contributed by atoms with Gasteiger partial charge in [-0.1, -0.05) is 13.0 Å². The number of halogens is 1. The van der Waals surface area contributed by atoms with E-state index in [4.69, 9.17) is 0 Å². The molecule has 2 aromatic heterocycles. The van der Waals surface area contributed by atoms with Crippen LogP contribution in [-0.4, -0.2) is 55.0 Å². The molecule has 3 N–H and O–H groups in total. The average molecular weight is 542 g/mol. The van der Waals surface area contributed by atoms with Crippen molar-refractivity contribution >= 4 is 52.9 Å². The zero-order valence-corrected chi connectivity index (χ0v) is 20.7. The van der Waals surface area contributed by atoms with E-state index in [1.54, 1.807) is 36.8 Å². The van der Waals surface area contributed by atoms with Crippen molar-refractivity contribution in [2.75, 3.05) is 38.5 Å². The van der Waals surface area contributed by atoms with E-state index in [0.29, 0.717) is 17.7 Å². The topological polar surface area (TPSA) is 81.6 Å². The Labute approximate surface area is 199 Å². The normalized spacial score (nSPS) is 16.4. The van der Waals surface area contributed by atoms with Gasteiger partial charge in [0, 0.05) is 24.7 Å². The maximum Gasteiger partial charge on any atom is 0.243 e. The molecule has 1 aliphatic rings. The van der Waals surface area contributed by atoms with Crippen LogP contribution in [0.4, 0.5) is 5.69 Å². The van der Waals surface area contributed by atoms with Gasteiger partial charge in [-0.3, -0.25) is 19.7 Å². The fourth-order valence-electron chi connectivity index (χ4n) is 3.45. The van der Waals surface area contributed by atoms with Crippen LogP contribution in [0.15, 0.2) is 47.0 Å². The lowest BCUT2D eigenvalue weighted by Crippen LogP contribution is -2.46. The van der Waals surface area contributed by atoms with Crippen LogP contribution in [-0.2, 0) is 4.79 Å². The zero-order chi connectivity index (χ0) is 20.5. The molecule has 1 unspecified atom stereocenters. The van der Waals surface area contributed by atoms with Crippen molar-refractivity contribution in [3.8, 4) is 0 Å². The number of amides is 1. The number of pyridine rings is 1. The van der Waals surface area contributed by atoms with Crippen molar-refractivity contribution in [2.45, 2.75) is 25.8 Å².